The number of rotatable bonds is 0. The van der Waals surface area contributed by atoms with Crippen LogP contribution in [0.2, 0.25) is 0 Å². The fraction of sp³-hybridized carbons (Fsp3) is 0.750. The third kappa shape index (κ3) is 1.67. The molecule has 6 heteroatoms. The second kappa shape index (κ2) is 3.46. The molecule has 6 nitrogen and oxygen atoms in total. The van der Waals surface area contributed by atoms with Crippen LogP contribution < -0.4 is 0 Å². The molecular formula is C12H18N4O2. The summed E-state index contributed by atoms with van der Waals surface area (Å²) in [5.41, 5.74) is -0.713. The predicted octanol–water partition coefficient (Wildman–Crippen LogP) is 1.52. The van der Waals surface area contributed by atoms with Gasteiger partial charge in [0.25, 0.3) is 0 Å². The van der Waals surface area contributed by atoms with E-state index in [0.29, 0.717) is 13.1 Å². The average molecular weight is 250 g/mol. The summed E-state index contributed by atoms with van der Waals surface area (Å²) in [7, 11) is 0. The Bertz CT molecular complexity index is 485. The highest BCUT2D eigenvalue weighted by Crippen LogP contribution is 2.51. The molecule has 0 atom stereocenters. The maximum Gasteiger partial charge on any atom is 0.411 e. The van der Waals surface area contributed by atoms with Crippen molar-refractivity contribution in [2.45, 2.75) is 51.3 Å². The summed E-state index contributed by atoms with van der Waals surface area (Å²) in [4.78, 5) is 18.4. The fourth-order valence-corrected chi connectivity index (χ4v) is 2.51. The quantitative estimate of drug-likeness (QED) is 0.700. The Balaban J connectivity index is 1.86. The number of hydrogen-bond donors (Lipinski definition) is 0. The molecular weight excluding hydrogens is 232 g/mol. The SMILES string of the molecule is CC(C)(C)OC(=O)N1CCn2ncnc2C12CC2. The maximum absolute atomic E-state index is 12.2. The standard InChI is InChI=1S/C12H18N4O2/c1-11(2,3)18-10(17)15-6-7-16-9(13-8-14-16)12(15)4-5-12/h8H,4-7H2,1-3H3. The van der Waals surface area contributed by atoms with Crippen LogP contribution in [0, 0.1) is 0 Å². The minimum absolute atomic E-state index is 0.241. The van der Waals surface area contributed by atoms with E-state index < -0.39 is 5.60 Å². The van der Waals surface area contributed by atoms with Crippen molar-refractivity contribution in [3.05, 3.63) is 12.2 Å². The monoisotopic (exact) mass is 250 g/mol. The summed E-state index contributed by atoms with van der Waals surface area (Å²) in [6.45, 7) is 6.99. The number of aromatic nitrogens is 3. The largest absolute Gasteiger partial charge is 0.444 e. The van der Waals surface area contributed by atoms with Crippen molar-refractivity contribution in [2.75, 3.05) is 6.54 Å². The Morgan fingerprint density at radius 1 is 1.39 bits per heavy atom. The molecule has 1 aliphatic heterocycles. The molecule has 1 aromatic heterocycles. The van der Waals surface area contributed by atoms with Crippen LogP contribution in [0.1, 0.15) is 39.4 Å². The number of ether oxygens (including phenoxy) is 1. The number of hydrogen-bond acceptors (Lipinski definition) is 4. The van der Waals surface area contributed by atoms with Gasteiger partial charge >= 0.3 is 6.09 Å². The van der Waals surface area contributed by atoms with Crippen molar-refractivity contribution in [3.63, 3.8) is 0 Å². The van der Waals surface area contributed by atoms with Crippen molar-refractivity contribution in [1.29, 1.82) is 0 Å². The van der Waals surface area contributed by atoms with Crippen LogP contribution in [0.15, 0.2) is 6.33 Å². The van der Waals surface area contributed by atoms with Gasteiger partial charge in [0.05, 0.1) is 6.54 Å². The molecule has 0 N–H and O–H groups in total. The molecule has 98 valence electrons. The number of fused-ring (bicyclic) bond motifs is 2. The first-order valence-electron chi connectivity index (χ1n) is 6.31. The van der Waals surface area contributed by atoms with Gasteiger partial charge in [-0.3, -0.25) is 4.90 Å². The van der Waals surface area contributed by atoms with Crippen molar-refractivity contribution in [3.8, 4) is 0 Å². The minimum Gasteiger partial charge on any atom is -0.444 e. The predicted molar refractivity (Wildman–Crippen MR) is 63.9 cm³/mol. The summed E-state index contributed by atoms with van der Waals surface area (Å²) in [5, 5.41) is 4.19. The van der Waals surface area contributed by atoms with Gasteiger partial charge < -0.3 is 4.74 Å². The van der Waals surface area contributed by atoms with Crippen LogP contribution in [0.5, 0.6) is 0 Å². The van der Waals surface area contributed by atoms with Crippen LogP contribution in [-0.4, -0.2) is 37.9 Å². The molecule has 0 saturated heterocycles. The van der Waals surface area contributed by atoms with Crippen molar-refractivity contribution >= 4 is 6.09 Å². The number of nitrogens with zero attached hydrogens (tertiary/aromatic N) is 4. The molecule has 0 radical (unpaired) electrons. The Labute approximate surface area is 106 Å². The van der Waals surface area contributed by atoms with Gasteiger partial charge in [-0.25, -0.2) is 14.5 Å². The van der Waals surface area contributed by atoms with E-state index >= 15 is 0 Å². The second-order valence-corrected chi connectivity index (χ2v) is 5.97. The first-order valence-corrected chi connectivity index (χ1v) is 6.31. The Hall–Kier alpha value is -1.59. The Kier molecular flexibility index (Phi) is 2.21. The lowest BCUT2D eigenvalue weighted by molar-refractivity contribution is 0.00485. The molecule has 0 bridgehead atoms. The van der Waals surface area contributed by atoms with E-state index in [2.05, 4.69) is 10.1 Å². The van der Waals surface area contributed by atoms with Gasteiger partial charge in [0.2, 0.25) is 0 Å². The van der Waals surface area contributed by atoms with E-state index in [1.54, 1.807) is 6.33 Å². The molecule has 2 heterocycles. The van der Waals surface area contributed by atoms with Gasteiger partial charge in [-0.15, -0.1) is 0 Å². The smallest absolute Gasteiger partial charge is 0.411 e. The van der Waals surface area contributed by atoms with Gasteiger partial charge in [-0.05, 0) is 33.6 Å². The molecule has 0 aromatic carbocycles. The molecule has 1 aliphatic carbocycles. The fourth-order valence-electron chi connectivity index (χ4n) is 2.51. The second-order valence-electron chi connectivity index (χ2n) is 5.97. The zero-order valence-corrected chi connectivity index (χ0v) is 11.0. The average Bonchev–Trinajstić information content (AvgIpc) is 2.86. The minimum atomic E-state index is -0.460. The number of carbonyl (C=O) groups is 1. The zero-order valence-electron chi connectivity index (χ0n) is 11.0. The van der Waals surface area contributed by atoms with E-state index in [-0.39, 0.29) is 11.6 Å². The van der Waals surface area contributed by atoms with E-state index in [0.717, 1.165) is 18.7 Å². The normalized spacial score (nSPS) is 20.7. The molecule has 1 saturated carbocycles. The van der Waals surface area contributed by atoms with Crippen LogP contribution in [-0.2, 0) is 16.8 Å². The molecule has 3 rings (SSSR count). The van der Waals surface area contributed by atoms with Crippen molar-refractivity contribution < 1.29 is 9.53 Å². The summed E-state index contributed by atoms with van der Waals surface area (Å²) in [6, 6.07) is 0. The highest BCUT2D eigenvalue weighted by atomic mass is 16.6. The summed E-state index contributed by atoms with van der Waals surface area (Å²) >= 11 is 0. The number of amides is 1. The van der Waals surface area contributed by atoms with E-state index in [1.165, 1.54) is 0 Å². The molecule has 1 aromatic rings. The van der Waals surface area contributed by atoms with Crippen LogP contribution in [0.4, 0.5) is 4.79 Å². The lowest BCUT2D eigenvalue weighted by Gasteiger charge is -2.36. The van der Waals surface area contributed by atoms with Gasteiger partial charge in [0.1, 0.15) is 17.5 Å². The Morgan fingerprint density at radius 2 is 2.11 bits per heavy atom. The Morgan fingerprint density at radius 3 is 2.72 bits per heavy atom. The maximum atomic E-state index is 12.2. The van der Waals surface area contributed by atoms with Crippen LogP contribution in [0.25, 0.3) is 0 Å². The molecule has 1 spiro atoms. The van der Waals surface area contributed by atoms with Crippen molar-refractivity contribution in [1.82, 2.24) is 19.7 Å². The summed E-state index contributed by atoms with van der Waals surface area (Å²) in [5.74, 6) is 0.902. The highest BCUT2D eigenvalue weighted by Gasteiger charge is 2.57. The van der Waals surface area contributed by atoms with Crippen LogP contribution >= 0.6 is 0 Å². The lowest BCUT2D eigenvalue weighted by Crippen LogP contribution is -2.49. The molecule has 18 heavy (non-hydrogen) atoms. The van der Waals surface area contributed by atoms with E-state index in [4.69, 9.17) is 4.74 Å². The third-order valence-electron chi connectivity index (χ3n) is 3.42. The first kappa shape index (κ1) is 11.5. The van der Waals surface area contributed by atoms with E-state index in [9.17, 15) is 4.79 Å². The molecule has 1 fully saturated rings. The van der Waals surface area contributed by atoms with Gasteiger partial charge in [0, 0.05) is 6.54 Å². The topological polar surface area (TPSA) is 60.2 Å². The molecule has 1 amide bonds. The summed E-state index contributed by atoms with van der Waals surface area (Å²) < 4.78 is 7.37. The van der Waals surface area contributed by atoms with Gasteiger partial charge in [0.15, 0.2) is 5.82 Å². The zero-order chi connectivity index (χ0) is 13.0. The van der Waals surface area contributed by atoms with Gasteiger partial charge in [-0.1, -0.05) is 0 Å². The van der Waals surface area contributed by atoms with Crippen LogP contribution in [0.3, 0.4) is 0 Å². The van der Waals surface area contributed by atoms with E-state index in [1.807, 2.05) is 30.4 Å². The first-order chi connectivity index (χ1) is 8.42. The molecule has 0 unspecified atom stereocenters. The van der Waals surface area contributed by atoms with Gasteiger partial charge in [-0.2, -0.15) is 5.10 Å². The summed E-state index contributed by atoms with van der Waals surface area (Å²) in [6.07, 6.45) is 3.22. The lowest BCUT2D eigenvalue weighted by atomic mass is 10.1. The molecule has 2 aliphatic rings. The van der Waals surface area contributed by atoms with Crippen molar-refractivity contribution in [2.24, 2.45) is 0 Å². The highest BCUT2D eigenvalue weighted by molar-refractivity contribution is 5.70. The third-order valence-corrected chi connectivity index (χ3v) is 3.42. The number of carbonyl (C=O) groups excluding carboxylic acids is 1.